The Labute approximate surface area is 128 Å². The van der Waals surface area contributed by atoms with Gasteiger partial charge in [-0.25, -0.2) is 0 Å². The summed E-state index contributed by atoms with van der Waals surface area (Å²) in [4.78, 5) is 16.4. The molecule has 0 aliphatic rings. The largest absolute Gasteiger partial charge is 0.507 e. The number of nitrogens with one attached hydrogen (secondary N) is 1. The number of hydrogen-bond donors (Lipinski definition) is 2. The van der Waals surface area contributed by atoms with Gasteiger partial charge in [-0.3, -0.25) is 9.78 Å². The fourth-order valence-electron chi connectivity index (χ4n) is 2.40. The monoisotopic (exact) mass is 292 g/mol. The van der Waals surface area contributed by atoms with E-state index in [1.165, 1.54) is 0 Å². The number of phenols is 1. The van der Waals surface area contributed by atoms with E-state index in [4.69, 9.17) is 0 Å². The molecule has 4 heteroatoms. The zero-order valence-corrected chi connectivity index (χ0v) is 12.2. The first-order chi connectivity index (χ1) is 10.6. The summed E-state index contributed by atoms with van der Waals surface area (Å²) in [7, 11) is 0. The third-order valence-corrected chi connectivity index (χ3v) is 3.64. The van der Waals surface area contributed by atoms with Gasteiger partial charge >= 0.3 is 0 Å². The highest BCUT2D eigenvalue weighted by Gasteiger charge is 2.15. The summed E-state index contributed by atoms with van der Waals surface area (Å²) in [5.74, 6) is -0.325. The molecule has 22 heavy (non-hydrogen) atoms. The smallest absolute Gasteiger partial charge is 0.255 e. The van der Waals surface area contributed by atoms with Crippen LogP contribution in [0.1, 0.15) is 28.9 Å². The first kappa shape index (κ1) is 14.1. The minimum Gasteiger partial charge on any atom is -0.507 e. The number of aromatic hydroxyl groups is 1. The van der Waals surface area contributed by atoms with Gasteiger partial charge in [0.05, 0.1) is 11.6 Å². The molecule has 0 bridgehead atoms. The molecule has 0 aliphatic heterocycles. The third kappa shape index (κ3) is 2.76. The van der Waals surface area contributed by atoms with Crippen molar-refractivity contribution in [1.29, 1.82) is 0 Å². The van der Waals surface area contributed by atoms with E-state index in [-0.39, 0.29) is 23.3 Å². The highest BCUT2D eigenvalue weighted by atomic mass is 16.3. The van der Waals surface area contributed by atoms with Crippen LogP contribution in [0, 0.1) is 0 Å². The summed E-state index contributed by atoms with van der Waals surface area (Å²) < 4.78 is 0. The lowest BCUT2D eigenvalue weighted by Crippen LogP contribution is -2.26. The molecule has 0 spiro atoms. The number of fused-ring (bicyclic) bond motifs is 1. The molecular weight excluding hydrogens is 276 g/mol. The molecule has 0 aliphatic carbocycles. The molecule has 3 rings (SSSR count). The summed E-state index contributed by atoms with van der Waals surface area (Å²) in [5, 5.41) is 14.8. The molecule has 1 aromatic heterocycles. The van der Waals surface area contributed by atoms with Gasteiger partial charge in [0.25, 0.3) is 5.91 Å². The number of phenolic OH excluding ortho intramolecular Hbond substituents is 1. The Balaban J connectivity index is 1.87. The Kier molecular flexibility index (Phi) is 3.74. The van der Waals surface area contributed by atoms with Crippen LogP contribution in [0.3, 0.4) is 0 Å². The number of pyridine rings is 1. The van der Waals surface area contributed by atoms with E-state index >= 15 is 0 Å². The highest BCUT2D eigenvalue weighted by Crippen LogP contribution is 2.25. The van der Waals surface area contributed by atoms with Gasteiger partial charge in [-0.05, 0) is 41.5 Å². The Morgan fingerprint density at radius 2 is 1.86 bits per heavy atom. The number of hydrogen-bond acceptors (Lipinski definition) is 3. The molecule has 1 amide bonds. The summed E-state index contributed by atoms with van der Waals surface area (Å²) >= 11 is 0. The molecule has 0 saturated carbocycles. The Hall–Kier alpha value is -2.88. The van der Waals surface area contributed by atoms with E-state index in [2.05, 4.69) is 10.3 Å². The van der Waals surface area contributed by atoms with Crippen LogP contribution in [0.2, 0.25) is 0 Å². The van der Waals surface area contributed by atoms with Gasteiger partial charge in [0.15, 0.2) is 0 Å². The molecule has 0 radical (unpaired) electrons. The average Bonchev–Trinajstić information content (AvgIpc) is 2.54. The van der Waals surface area contributed by atoms with E-state index in [1.807, 2.05) is 43.3 Å². The van der Waals surface area contributed by atoms with Gasteiger partial charge in [-0.15, -0.1) is 0 Å². The van der Waals surface area contributed by atoms with Crippen LogP contribution in [0.5, 0.6) is 5.75 Å². The normalized spacial score (nSPS) is 12.0. The van der Waals surface area contributed by atoms with Crippen molar-refractivity contribution in [3.63, 3.8) is 0 Å². The minimum absolute atomic E-state index is 0.0189. The molecule has 2 aromatic carbocycles. The van der Waals surface area contributed by atoms with Crippen LogP contribution < -0.4 is 5.32 Å². The summed E-state index contributed by atoms with van der Waals surface area (Å²) in [6.07, 6.45) is 3.40. The van der Waals surface area contributed by atoms with Crippen LogP contribution in [0.4, 0.5) is 0 Å². The number of aromatic nitrogens is 1. The van der Waals surface area contributed by atoms with E-state index in [0.29, 0.717) is 0 Å². The molecule has 0 saturated heterocycles. The van der Waals surface area contributed by atoms with Gasteiger partial charge < -0.3 is 10.4 Å². The molecule has 3 aromatic rings. The minimum atomic E-state index is -0.306. The van der Waals surface area contributed by atoms with Gasteiger partial charge in [0, 0.05) is 12.4 Å². The fourth-order valence-corrected chi connectivity index (χ4v) is 2.40. The zero-order valence-electron chi connectivity index (χ0n) is 12.2. The van der Waals surface area contributed by atoms with Crippen molar-refractivity contribution in [3.8, 4) is 5.75 Å². The fraction of sp³-hybridized carbons (Fsp3) is 0.111. The number of amides is 1. The molecule has 4 nitrogen and oxygen atoms in total. The second-order valence-electron chi connectivity index (χ2n) is 5.20. The van der Waals surface area contributed by atoms with Gasteiger partial charge in [0.1, 0.15) is 5.75 Å². The zero-order chi connectivity index (χ0) is 15.5. The number of nitrogens with zero attached hydrogens (tertiary/aromatic N) is 1. The van der Waals surface area contributed by atoms with Crippen LogP contribution in [-0.2, 0) is 0 Å². The second-order valence-corrected chi connectivity index (χ2v) is 5.20. The summed E-state index contributed by atoms with van der Waals surface area (Å²) in [6, 6.07) is 14.5. The lowest BCUT2D eigenvalue weighted by atomic mass is 10.0. The van der Waals surface area contributed by atoms with Crippen molar-refractivity contribution in [1.82, 2.24) is 10.3 Å². The van der Waals surface area contributed by atoms with Gasteiger partial charge in [-0.2, -0.15) is 0 Å². The first-order valence-electron chi connectivity index (χ1n) is 7.07. The quantitative estimate of drug-likeness (QED) is 0.777. The number of carbonyl (C=O) groups excluding carboxylic acids is 1. The van der Waals surface area contributed by atoms with Crippen molar-refractivity contribution in [2.24, 2.45) is 0 Å². The van der Waals surface area contributed by atoms with Crippen molar-refractivity contribution in [2.75, 3.05) is 0 Å². The molecule has 0 fully saturated rings. The van der Waals surface area contributed by atoms with Crippen LogP contribution in [0.25, 0.3) is 10.8 Å². The summed E-state index contributed by atoms with van der Waals surface area (Å²) in [5.41, 5.74) is 1.19. The van der Waals surface area contributed by atoms with Crippen molar-refractivity contribution in [3.05, 3.63) is 72.1 Å². The van der Waals surface area contributed by atoms with Gasteiger partial charge in [0.2, 0.25) is 0 Å². The van der Waals surface area contributed by atoms with Crippen LogP contribution >= 0.6 is 0 Å². The van der Waals surface area contributed by atoms with Crippen molar-refractivity contribution >= 4 is 16.7 Å². The predicted molar refractivity (Wildman–Crippen MR) is 85.7 cm³/mol. The molecule has 2 N–H and O–H groups in total. The van der Waals surface area contributed by atoms with E-state index in [1.54, 1.807) is 24.5 Å². The van der Waals surface area contributed by atoms with E-state index in [9.17, 15) is 9.90 Å². The molecule has 1 heterocycles. The molecule has 110 valence electrons. The third-order valence-electron chi connectivity index (χ3n) is 3.64. The van der Waals surface area contributed by atoms with Crippen molar-refractivity contribution in [2.45, 2.75) is 13.0 Å². The number of benzene rings is 2. The van der Waals surface area contributed by atoms with E-state index in [0.717, 1.165) is 16.3 Å². The maximum atomic E-state index is 12.4. The topological polar surface area (TPSA) is 62.2 Å². The second kappa shape index (κ2) is 5.85. The summed E-state index contributed by atoms with van der Waals surface area (Å²) in [6.45, 7) is 1.88. The molecule has 1 atom stereocenters. The lowest BCUT2D eigenvalue weighted by Gasteiger charge is -2.15. The molecule has 0 unspecified atom stereocenters. The number of carbonyl (C=O) groups is 1. The van der Waals surface area contributed by atoms with Gasteiger partial charge in [-0.1, -0.05) is 30.3 Å². The molecular formula is C18H16N2O2. The lowest BCUT2D eigenvalue weighted by molar-refractivity contribution is 0.0937. The predicted octanol–water partition coefficient (Wildman–Crippen LogP) is 3.43. The average molecular weight is 292 g/mol. The van der Waals surface area contributed by atoms with Crippen LogP contribution in [0.15, 0.2) is 60.9 Å². The van der Waals surface area contributed by atoms with Crippen LogP contribution in [-0.4, -0.2) is 16.0 Å². The number of rotatable bonds is 3. The Morgan fingerprint density at radius 3 is 2.55 bits per heavy atom. The standard InChI is InChI=1S/C18H16N2O2/c1-12(15-7-4-8-19-11-15)20-18(22)16-9-13-5-2-3-6-14(13)10-17(16)21/h2-12,21H,1H3,(H,20,22)/t12-/m1/s1. The Morgan fingerprint density at radius 1 is 1.14 bits per heavy atom. The Bertz CT molecular complexity index is 816. The van der Waals surface area contributed by atoms with E-state index < -0.39 is 0 Å². The highest BCUT2D eigenvalue weighted by molar-refractivity contribution is 6.01. The maximum absolute atomic E-state index is 12.4. The SMILES string of the molecule is C[C@@H](NC(=O)c1cc2ccccc2cc1O)c1cccnc1. The maximum Gasteiger partial charge on any atom is 0.255 e. The first-order valence-corrected chi connectivity index (χ1v) is 7.07. The van der Waals surface area contributed by atoms with Crippen molar-refractivity contribution < 1.29 is 9.90 Å².